The van der Waals surface area contributed by atoms with Crippen LogP contribution in [0.1, 0.15) is 5.56 Å². The molecule has 0 atom stereocenters. The molecular formula is C14H21FN2O2. The van der Waals surface area contributed by atoms with Gasteiger partial charge in [-0.25, -0.2) is 4.39 Å². The number of halogens is 1. The second-order valence-electron chi connectivity index (χ2n) is 4.62. The van der Waals surface area contributed by atoms with Gasteiger partial charge in [-0.1, -0.05) is 12.1 Å². The molecule has 0 spiro atoms. The Bertz CT molecular complexity index is 393. The van der Waals surface area contributed by atoms with Crippen LogP contribution in [0.4, 0.5) is 4.39 Å². The zero-order valence-corrected chi connectivity index (χ0v) is 11.7. The van der Waals surface area contributed by atoms with E-state index in [0.29, 0.717) is 26.2 Å². The highest BCUT2D eigenvalue weighted by Gasteiger charge is 2.12. The van der Waals surface area contributed by atoms with Crippen molar-refractivity contribution < 1.29 is 13.9 Å². The summed E-state index contributed by atoms with van der Waals surface area (Å²) >= 11 is 0. The summed E-state index contributed by atoms with van der Waals surface area (Å²) in [6.07, 6.45) is 0. The predicted molar refractivity (Wildman–Crippen MR) is 72.2 cm³/mol. The Balaban J connectivity index is 2.62. The third-order valence-electron chi connectivity index (χ3n) is 2.79. The summed E-state index contributed by atoms with van der Waals surface area (Å²) in [5, 5.41) is 0. The molecule has 1 amide bonds. The second-order valence-corrected chi connectivity index (χ2v) is 4.62. The number of likely N-dealkylation sites (N-methyl/N-ethyl adjacent to an activating group) is 1. The molecule has 1 aromatic rings. The van der Waals surface area contributed by atoms with Crippen LogP contribution < -0.4 is 0 Å². The van der Waals surface area contributed by atoms with Crippen molar-refractivity contribution in [3.05, 3.63) is 35.6 Å². The number of methoxy groups -OCH3 is 1. The smallest absolute Gasteiger partial charge is 0.236 e. The summed E-state index contributed by atoms with van der Waals surface area (Å²) in [7, 11) is 5.09. The molecule has 0 bridgehead atoms. The molecule has 0 heterocycles. The van der Waals surface area contributed by atoms with Crippen LogP contribution in [0.25, 0.3) is 0 Å². The van der Waals surface area contributed by atoms with Gasteiger partial charge in [-0.05, 0) is 17.7 Å². The van der Waals surface area contributed by atoms with E-state index in [0.717, 1.165) is 5.56 Å². The topological polar surface area (TPSA) is 32.8 Å². The summed E-state index contributed by atoms with van der Waals surface area (Å²) in [5.74, 6) is -0.213. The molecule has 0 saturated carbocycles. The Morgan fingerprint density at radius 3 is 2.42 bits per heavy atom. The largest absolute Gasteiger partial charge is 0.383 e. The van der Waals surface area contributed by atoms with Crippen molar-refractivity contribution in [1.82, 2.24) is 9.80 Å². The molecule has 106 valence electrons. The number of nitrogens with zero attached hydrogens (tertiary/aromatic N) is 2. The third kappa shape index (κ3) is 5.81. The van der Waals surface area contributed by atoms with Gasteiger partial charge in [-0.2, -0.15) is 0 Å². The van der Waals surface area contributed by atoms with Gasteiger partial charge < -0.3 is 9.64 Å². The van der Waals surface area contributed by atoms with Gasteiger partial charge in [0.25, 0.3) is 0 Å². The minimum absolute atomic E-state index is 0.0400. The molecule has 0 radical (unpaired) electrons. The minimum atomic E-state index is -0.253. The summed E-state index contributed by atoms with van der Waals surface area (Å²) in [6, 6.07) is 6.32. The molecule has 1 rings (SSSR count). The van der Waals surface area contributed by atoms with E-state index >= 15 is 0 Å². The summed E-state index contributed by atoms with van der Waals surface area (Å²) in [5.41, 5.74) is 0.976. The van der Waals surface area contributed by atoms with Crippen LogP contribution >= 0.6 is 0 Å². The van der Waals surface area contributed by atoms with Crippen LogP contribution in [0.5, 0.6) is 0 Å². The maximum absolute atomic E-state index is 12.8. The van der Waals surface area contributed by atoms with Gasteiger partial charge in [0.1, 0.15) is 5.82 Å². The summed E-state index contributed by atoms with van der Waals surface area (Å²) in [6.45, 7) is 2.15. The molecule has 0 aliphatic carbocycles. The summed E-state index contributed by atoms with van der Waals surface area (Å²) < 4.78 is 17.9. The Labute approximate surface area is 113 Å². The van der Waals surface area contributed by atoms with Crippen molar-refractivity contribution in [2.24, 2.45) is 0 Å². The highest BCUT2D eigenvalue weighted by Crippen LogP contribution is 2.07. The van der Waals surface area contributed by atoms with Crippen molar-refractivity contribution in [2.45, 2.75) is 6.54 Å². The number of benzene rings is 1. The number of rotatable bonds is 7. The Morgan fingerprint density at radius 2 is 1.89 bits per heavy atom. The van der Waals surface area contributed by atoms with Crippen LogP contribution in [-0.2, 0) is 16.1 Å². The van der Waals surface area contributed by atoms with Crippen molar-refractivity contribution in [2.75, 3.05) is 40.9 Å². The van der Waals surface area contributed by atoms with E-state index in [9.17, 15) is 9.18 Å². The lowest BCUT2D eigenvalue weighted by Crippen LogP contribution is -2.37. The first kappa shape index (κ1) is 15.6. The Morgan fingerprint density at radius 1 is 1.26 bits per heavy atom. The SMILES string of the molecule is COCCN(CC(=O)N(C)C)Cc1ccc(F)cc1. The van der Waals surface area contributed by atoms with E-state index in [4.69, 9.17) is 4.74 Å². The minimum Gasteiger partial charge on any atom is -0.383 e. The van der Waals surface area contributed by atoms with Crippen LogP contribution in [0.3, 0.4) is 0 Å². The molecule has 19 heavy (non-hydrogen) atoms. The van der Waals surface area contributed by atoms with Crippen LogP contribution in [0, 0.1) is 5.82 Å². The lowest BCUT2D eigenvalue weighted by molar-refractivity contribution is -0.130. The highest BCUT2D eigenvalue weighted by molar-refractivity contribution is 5.77. The van der Waals surface area contributed by atoms with Gasteiger partial charge in [0, 0.05) is 34.3 Å². The maximum Gasteiger partial charge on any atom is 0.236 e. The molecule has 0 N–H and O–H groups in total. The molecule has 0 unspecified atom stereocenters. The summed E-state index contributed by atoms with van der Waals surface area (Å²) in [4.78, 5) is 15.3. The van der Waals surface area contributed by atoms with Crippen molar-refractivity contribution in [3.63, 3.8) is 0 Å². The van der Waals surface area contributed by atoms with E-state index in [2.05, 4.69) is 0 Å². The normalized spacial score (nSPS) is 10.8. The molecule has 0 aliphatic rings. The molecular weight excluding hydrogens is 247 g/mol. The molecule has 0 aromatic heterocycles. The maximum atomic E-state index is 12.8. The number of carbonyl (C=O) groups excluding carboxylic acids is 1. The first-order valence-corrected chi connectivity index (χ1v) is 6.19. The fraction of sp³-hybridized carbons (Fsp3) is 0.500. The number of amides is 1. The quantitative estimate of drug-likeness (QED) is 0.748. The van der Waals surface area contributed by atoms with E-state index in [-0.39, 0.29) is 11.7 Å². The van der Waals surface area contributed by atoms with Gasteiger partial charge in [0.05, 0.1) is 13.2 Å². The van der Waals surface area contributed by atoms with E-state index in [1.54, 1.807) is 38.2 Å². The van der Waals surface area contributed by atoms with Crippen molar-refractivity contribution in [3.8, 4) is 0 Å². The fourth-order valence-electron chi connectivity index (χ4n) is 1.62. The Kier molecular flexibility index (Phi) is 6.45. The van der Waals surface area contributed by atoms with Gasteiger partial charge >= 0.3 is 0 Å². The molecule has 1 aromatic carbocycles. The second kappa shape index (κ2) is 7.86. The van der Waals surface area contributed by atoms with E-state index in [1.165, 1.54) is 12.1 Å². The number of ether oxygens (including phenoxy) is 1. The zero-order chi connectivity index (χ0) is 14.3. The lowest BCUT2D eigenvalue weighted by atomic mass is 10.2. The molecule has 0 aliphatic heterocycles. The van der Waals surface area contributed by atoms with Crippen molar-refractivity contribution in [1.29, 1.82) is 0 Å². The van der Waals surface area contributed by atoms with Crippen LogP contribution in [0.15, 0.2) is 24.3 Å². The van der Waals surface area contributed by atoms with Gasteiger partial charge in [-0.15, -0.1) is 0 Å². The lowest BCUT2D eigenvalue weighted by Gasteiger charge is -2.23. The zero-order valence-electron chi connectivity index (χ0n) is 11.7. The van der Waals surface area contributed by atoms with Crippen LogP contribution in [0.2, 0.25) is 0 Å². The monoisotopic (exact) mass is 268 g/mol. The molecule has 5 heteroatoms. The molecule has 0 fully saturated rings. The van der Waals surface area contributed by atoms with Crippen molar-refractivity contribution >= 4 is 5.91 Å². The molecule has 0 saturated heterocycles. The van der Waals surface area contributed by atoms with Gasteiger partial charge in [0.2, 0.25) is 5.91 Å². The first-order chi connectivity index (χ1) is 9.02. The standard InChI is InChI=1S/C14H21FN2O2/c1-16(2)14(18)11-17(8-9-19-3)10-12-4-6-13(15)7-5-12/h4-7H,8-11H2,1-3H3. The van der Waals surface area contributed by atoms with E-state index in [1.807, 2.05) is 4.90 Å². The number of carbonyl (C=O) groups is 1. The Hall–Kier alpha value is -1.46. The molecule has 4 nitrogen and oxygen atoms in total. The number of hydrogen-bond acceptors (Lipinski definition) is 3. The highest BCUT2D eigenvalue weighted by atomic mass is 19.1. The average Bonchev–Trinajstić information content (AvgIpc) is 2.38. The third-order valence-corrected chi connectivity index (χ3v) is 2.79. The van der Waals surface area contributed by atoms with E-state index < -0.39 is 0 Å². The fourth-order valence-corrected chi connectivity index (χ4v) is 1.62. The average molecular weight is 268 g/mol. The van der Waals surface area contributed by atoms with Gasteiger partial charge in [0.15, 0.2) is 0 Å². The number of hydrogen-bond donors (Lipinski definition) is 0. The van der Waals surface area contributed by atoms with Gasteiger partial charge in [-0.3, -0.25) is 9.69 Å². The first-order valence-electron chi connectivity index (χ1n) is 6.19. The van der Waals surface area contributed by atoms with Crippen LogP contribution in [-0.4, -0.2) is 56.6 Å². The predicted octanol–water partition coefficient (Wildman–Crippen LogP) is 1.36.